The number of Topliss-reactive ketones (excluding diaryl/α,β-unsaturated/α-hetero) is 1. The normalized spacial score (nSPS) is 10.4. The lowest BCUT2D eigenvalue weighted by molar-refractivity contribution is 0.101. The lowest BCUT2D eigenvalue weighted by Gasteiger charge is -2.07. The summed E-state index contributed by atoms with van der Waals surface area (Å²) in [6.07, 6.45) is 0. The number of hydrogen-bond acceptors (Lipinski definition) is 3. The Hall–Kier alpha value is -1.32. The standard InChI is InChI=1S/C14H14ClNOS/c1-9-3-4-11(7-10(9)2)16-8-12(17)13-5-6-14(15)18-13/h3-7,16H,8H2,1-2H3. The van der Waals surface area contributed by atoms with E-state index in [4.69, 9.17) is 11.6 Å². The first-order valence-corrected chi connectivity index (χ1v) is 6.85. The van der Waals surface area contributed by atoms with Gasteiger partial charge in [-0.2, -0.15) is 0 Å². The molecule has 0 amide bonds. The van der Waals surface area contributed by atoms with Crippen LogP contribution in [0.25, 0.3) is 0 Å². The van der Waals surface area contributed by atoms with Crippen molar-refractivity contribution in [3.63, 3.8) is 0 Å². The number of carbonyl (C=O) groups is 1. The maximum Gasteiger partial charge on any atom is 0.191 e. The summed E-state index contributed by atoms with van der Waals surface area (Å²) < 4.78 is 0.643. The van der Waals surface area contributed by atoms with E-state index in [1.54, 1.807) is 12.1 Å². The van der Waals surface area contributed by atoms with E-state index < -0.39 is 0 Å². The van der Waals surface area contributed by atoms with Gasteiger partial charge in [0.25, 0.3) is 0 Å². The largest absolute Gasteiger partial charge is 0.378 e. The molecule has 0 atom stereocenters. The molecule has 1 heterocycles. The molecule has 0 bridgehead atoms. The summed E-state index contributed by atoms with van der Waals surface area (Å²) in [6, 6.07) is 9.58. The van der Waals surface area contributed by atoms with E-state index in [-0.39, 0.29) is 5.78 Å². The fraction of sp³-hybridized carbons (Fsp3) is 0.214. The molecule has 1 N–H and O–H groups in total. The van der Waals surface area contributed by atoms with Crippen molar-refractivity contribution in [3.05, 3.63) is 50.7 Å². The molecule has 0 spiro atoms. The molecule has 1 aromatic carbocycles. The van der Waals surface area contributed by atoms with Crippen molar-refractivity contribution >= 4 is 34.4 Å². The molecule has 94 valence electrons. The molecule has 2 nitrogen and oxygen atoms in total. The molecule has 4 heteroatoms. The highest BCUT2D eigenvalue weighted by molar-refractivity contribution is 7.18. The minimum absolute atomic E-state index is 0.0603. The van der Waals surface area contributed by atoms with Crippen molar-refractivity contribution in [1.29, 1.82) is 0 Å². The predicted molar refractivity (Wildman–Crippen MR) is 78.1 cm³/mol. The van der Waals surface area contributed by atoms with Gasteiger partial charge in [-0.3, -0.25) is 4.79 Å². The van der Waals surface area contributed by atoms with Gasteiger partial charge in [0.15, 0.2) is 5.78 Å². The van der Waals surface area contributed by atoms with Crippen LogP contribution >= 0.6 is 22.9 Å². The van der Waals surface area contributed by atoms with Crippen LogP contribution in [0.4, 0.5) is 5.69 Å². The van der Waals surface area contributed by atoms with E-state index in [9.17, 15) is 4.79 Å². The quantitative estimate of drug-likeness (QED) is 0.845. The maximum absolute atomic E-state index is 11.9. The number of thiophene rings is 1. The number of hydrogen-bond donors (Lipinski definition) is 1. The Morgan fingerprint density at radius 3 is 2.61 bits per heavy atom. The first kappa shape index (κ1) is 13.1. The lowest BCUT2D eigenvalue weighted by Crippen LogP contribution is -2.12. The summed E-state index contributed by atoms with van der Waals surface area (Å²) in [7, 11) is 0. The molecule has 2 rings (SSSR count). The molecule has 0 aliphatic heterocycles. The van der Waals surface area contributed by atoms with Crippen molar-refractivity contribution < 1.29 is 4.79 Å². The van der Waals surface area contributed by atoms with E-state index in [0.29, 0.717) is 15.8 Å². The topological polar surface area (TPSA) is 29.1 Å². The van der Waals surface area contributed by atoms with Gasteiger partial charge in [0.1, 0.15) is 0 Å². The van der Waals surface area contributed by atoms with Crippen LogP contribution in [0.2, 0.25) is 4.34 Å². The number of anilines is 1. The molecule has 2 aromatic rings. The number of ketones is 1. The van der Waals surface area contributed by atoms with Crippen molar-refractivity contribution in [3.8, 4) is 0 Å². The van der Waals surface area contributed by atoms with Gasteiger partial charge < -0.3 is 5.32 Å². The smallest absolute Gasteiger partial charge is 0.191 e. The fourth-order valence-electron chi connectivity index (χ4n) is 1.58. The fourth-order valence-corrected chi connectivity index (χ4v) is 2.57. The Kier molecular flexibility index (Phi) is 4.04. The van der Waals surface area contributed by atoms with Crippen LogP contribution < -0.4 is 5.32 Å². The van der Waals surface area contributed by atoms with Crippen LogP contribution in [-0.2, 0) is 0 Å². The van der Waals surface area contributed by atoms with Crippen LogP contribution in [0, 0.1) is 13.8 Å². The molecule has 0 aliphatic carbocycles. The van der Waals surface area contributed by atoms with Gasteiger partial charge in [-0.15, -0.1) is 11.3 Å². The molecule has 0 saturated carbocycles. The summed E-state index contributed by atoms with van der Waals surface area (Å²) in [5.41, 5.74) is 3.43. The zero-order chi connectivity index (χ0) is 13.1. The van der Waals surface area contributed by atoms with E-state index in [2.05, 4.69) is 19.2 Å². The number of nitrogens with one attached hydrogen (secondary N) is 1. The minimum Gasteiger partial charge on any atom is -0.378 e. The number of rotatable bonds is 4. The highest BCUT2D eigenvalue weighted by Crippen LogP contribution is 2.22. The molecule has 0 unspecified atom stereocenters. The molecular formula is C14H14ClNOS. The average molecular weight is 280 g/mol. The zero-order valence-electron chi connectivity index (χ0n) is 10.3. The van der Waals surface area contributed by atoms with Gasteiger partial charge in [-0.1, -0.05) is 17.7 Å². The van der Waals surface area contributed by atoms with Crippen LogP contribution in [0.3, 0.4) is 0 Å². The van der Waals surface area contributed by atoms with Gasteiger partial charge in [-0.05, 0) is 49.2 Å². The highest BCUT2D eigenvalue weighted by Gasteiger charge is 2.08. The van der Waals surface area contributed by atoms with Gasteiger partial charge in [0.2, 0.25) is 0 Å². The Morgan fingerprint density at radius 1 is 1.22 bits per heavy atom. The Labute approximate surface area is 116 Å². The van der Waals surface area contributed by atoms with Gasteiger partial charge in [0.05, 0.1) is 15.8 Å². The Morgan fingerprint density at radius 2 is 2.00 bits per heavy atom. The second kappa shape index (κ2) is 5.55. The van der Waals surface area contributed by atoms with Gasteiger partial charge in [0, 0.05) is 5.69 Å². The summed E-state index contributed by atoms with van der Waals surface area (Å²) in [5.74, 6) is 0.0603. The monoisotopic (exact) mass is 279 g/mol. The molecule has 0 fully saturated rings. The third kappa shape index (κ3) is 3.12. The van der Waals surface area contributed by atoms with Crippen LogP contribution in [0.1, 0.15) is 20.8 Å². The Bertz CT molecular complexity index is 577. The van der Waals surface area contributed by atoms with Crippen molar-refractivity contribution in [2.45, 2.75) is 13.8 Å². The maximum atomic E-state index is 11.9. The molecular weight excluding hydrogens is 266 g/mol. The summed E-state index contributed by atoms with van der Waals surface area (Å²) >= 11 is 7.12. The van der Waals surface area contributed by atoms with E-state index >= 15 is 0 Å². The first-order valence-electron chi connectivity index (χ1n) is 5.66. The second-order valence-corrected chi connectivity index (χ2v) is 5.89. The minimum atomic E-state index is 0.0603. The summed E-state index contributed by atoms with van der Waals surface area (Å²) in [6.45, 7) is 4.42. The van der Waals surface area contributed by atoms with Crippen LogP contribution in [0.15, 0.2) is 30.3 Å². The first-order chi connectivity index (χ1) is 8.56. The predicted octanol–water partition coefficient (Wildman–Crippen LogP) is 4.31. The molecule has 18 heavy (non-hydrogen) atoms. The van der Waals surface area contributed by atoms with Gasteiger partial charge >= 0.3 is 0 Å². The third-order valence-electron chi connectivity index (χ3n) is 2.81. The third-order valence-corrected chi connectivity index (χ3v) is 4.08. The van der Waals surface area contributed by atoms with Gasteiger partial charge in [-0.25, -0.2) is 0 Å². The lowest BCUT2D eigenvalue weighted by atomic mass is 10.1. The van der Waals surface area contributed by atoms with E-state index in [1.165, 1.54) is 22.5 Å². The zero-order valence-corrected chi connectivity index (χ0v) is 11.9. The number of carbonyl (C=O) groups excluding carboxylic acids is 1. The van der Waals surface area contributed by atoms with Crippen LogP contribution in [0.5, 0.6) is 0 Å². The number of aryl methyl sites for hydroxylation is 2. The van der Waals surface area contributed by atoms with Crippen LogP contribution in [-0.4, -0.2) is 12.3 Å². The number of halogens is 1. The SMILES string of the molecule is Cc1ccc(NCC(=O)c2ccc(Cl)s2)cc1C. The molecule has 1 aromatic heterocycles. The van der Waals surface area contributed by atoms with E-state index in [0.717, 1.165) is 5.69 Å². The van der Waals surface area contributed by atoms with E-state index in [1.807, 2.05) is 18.2 Å². The summed E-state index contributed by atoms with van der Waals surface area (Å²) in [5, 5.41) is 3.13. The number of benzene rings is 1. The second-order valence-electron chi connectivity index (χ2n) is 4.18. The summed E-state index contributed by atoms with van der Waals surface area (Å²) in [4.78, 5) is 12.6. The highest BCUT2D eigenvalue weighted by atomic mass is 35.5. The molecule has 0 aliphatic rings. The van der Waals surface area contributed by atoms with Crippen molar-refractivity contribution in [2.75, 3.05) is 11.9 Å². The molecule has 0 radical (unpaired) electrons. The molecule has 0 saturated heterocycles. The average Bonchev–Trinajstić information content (AvgIpc) is 2.77. The van der Waals surface area contributed by atoms with Crippen molar-refractivity contribution in [1.82, 2.24) is 0 Å². The van der Waals surface area contributed by atoms with Crippen molar-refractivity contribution in [2.24, 2.45) is 0 Å². The Balaban J connectivity index is 1.99.